The predicted octanol–water partition coefficient (Wildman–Crippen LogP) is 3.10. The van der Waals surface area contributed by atoms with Crippen LogP contribution in [0.3, 0.4) is 0 Å². The van der Waals surface area contributed by atoms with Crippen LogP contribution >= 0.6 is 11.6 Å². The van der Waals surface area contributed by atoms with Crippen LogP contribution < -0.4 is 16.4 Å². The lowest BCUT2D eigenvalue weighted by Gasteiger charge is -2.11. The zero-order chi connectivity index (χ0) is 19.3. The first-order valence-electron chi connectivity index (χ1n) is 7.66. The number of carbonyl (C=O) groups is 2. The van der Waals surface area contributed by atoms with Crippen molar-refractivity contribution < 1.29 is 14.5 Å². The molecule has 0 saturated heterocycles. The largest absolute Gasteiger partial charge is 0.379 e. The highest BCUT2D eigenvalue weighted by Crippen LogP contribution is 2.31. The number of anilines is 2. The maximum absolute atomic E-state index is 12.4. The number of halogens is 1. The summed E-state index contributed by atoms with van der Waals surface area (Å²) in [5.74, 6) is -1.11. The quantitative estimate of drug-likeness (QED) is 0.505. The third-order valence-electron chi connectivity index (χ3n) is 3.52. The molecule has 0 bridgehead atoms. The Morgan fingerprint density at radius 1 is 1.23 bits per heavy atom. The Morgan fingerprint density at radius 3 is 2.46 bits per heavy atom. The van der Waals surface area contributed by atoms with Crippen molar-refractivity contribution in [3.05, 3.63) is 62.7 Å². The summed E-state index contributed by atoms with van der Waals surface area (Å²) < 4.78 is 0. The topological polar surface area (TPSA) is 127 Å². The molecule has 0 fully saturated rings. The smallest absolute Gasteiger partial charge is 0.293 e. The fourth-order valence-corrected chi connectivity index (χ4v) is 2.43. The summed E-state index contributed by atoms with van der Waals surface area (Å²) in [6.07, 6.45) is 0.00440. The van der Waals surface area contributed by atoms with Gasteiger partial charge in [-0.1, -0.05) is 29.3 Å². The molecule has 4 N–H and O–H groups in total. The van der Waals surface area contributed by atoms with Gasteiger partial charge in [0.25, 0.3) is 11.6 Å². The molecule has 0 unspecified atom stereocenters. The molecule has 2 rings (SSSR count). The van der Waals surface area contributed by atoms with Gasteiger partial charge in [-0.25, -0.2) is 0 Å². The number of nitrogens with one attached hydrogen (secondary N) is 2. The third-order valence-corrected chi connectivity index (χ3v) is 3.84. The highest BCUT2D eigenvalue weighted by Gasteiger charge is 2.21. The highest BCUT2D eigenvalue weighted by molar-refractivity contribution is 6.35. The first-order chi connectivity index (χ1) is 12.3. The second-order valence-electron chi connectivity index (χ2n) is 5.57. The highest BCUT2D eigenvalue weighted by atomic mass is 35.5. The summed E-state index contributed by atoms with van der Waals surface area (Å²) >= 11 is 6.12. The second-order valence-corrected chi connectivity index (χ2v) is 5.98. The number of carbonyl (C=O) groups excluding carboxylic acids is 2. The lowest BCUT2D eigenvalue weighted by molar-refractivity contribution is -0.384. The number of nitrogens with two attached hydrogens (primary N) is 1. The summed E-state index contributed by atoms with van der Waals surface area (Å²) in [6.45, 7) is 2.02. The van der Waals surface area contributed by atoms with Crippen molar-refractivity contribution in [1.82, 2.24) is 0 Å². The molecular formula is C17H17ClN4O4. The molecule has 0 atom stereocenters. The Hall–Kier alpha value is -3.13. The van der Waals surface area contributed by atoms with Crippen LogP contribution in [0.15, 0.2) is 36.4 Å². The van der Waals surface area contributed by atoms with Crippen LogP contribution in [0.2, 0.25) is 5.02 Å². The Bertz CT molecular complexity index is 853. The molecule has 2 aromatic rings. The molecule has 9 heteroatoms. The van der Waals surface area contributed by atoms with Gasteiger partial charge in [-0.05, 0) is 25.1 Å². The van der Waals surface area contributed by atoms with Crippen molar-refractivity contribution in [2.75, 3.05) is 17.2 Å². The van der Waals surface area contributed by atoms with Crippen LogP contribution in [-0.4, -0.2) is 23.3 Å². The van der Waals surface area contributed by atoms with Crippen LogP contribution in [0, 0.1) is 17.0 Å². The number of amides is 2. The van der Waals surface area contributed by atoms with Gasteiger partial charge in [0.1, 0.15) is 5.69 Å². The number of hydrogen-bond donors (Lipinski definition) is 3. The zero-order valence-corrected chi connectivity index (χ0v) is 14.7. The fourth-order valence-electron chi connectivity index (χ4n) is 2.18. The lowest BCUT2D eigenvalue weighted by Crippen LogP contribution is -2.17. The molecule has 0 aliphatic heterocycles. The lowest BCUT2D eigenvalue weighted by atomic mass is 10.1. The van der Waals surface area contributed by atoms with Gasteiger partial charge in [-0.3, -0.25) is 19.7 Å². The Labute approximate surface area is 154 Å². The molecule has 0 saturated carbocycles. The van der Waals surface area contributed by atoms with Crippen molar-refractivity contribution in [3.8, 4) is 0 Å². The van der Waals surface area contributed by atoms with Gasteiger partial charge in [0.15, 0.2) is 0 Å². The number of aryl methyl sites for hydroxylation is 1. The predicted molar refractivity (Wildman–Crippen MR) is 99.5 cm³/mol. The van der Waals surface area contributed by atoms with E-state index in [1.807, 2.05) is 19.1 Å². The van der Waals surface area contributed by atoms with Crippen LogP contribution in [-0.2, 0) is 4.79 Å². The van der Waals surface area contributed by atoms with Gasteiger partial charge in [0.05, 0.1) is 15.5 Å². The molecular weight excluding hydrogens is 360 g/mol. The number of nitro groups is 1. The van der Waals surface area contributed by atoms with Crippen molar-refractivity contribution >= 4 is 40.5 Å². The number of primary amides is 1. The molecule has 0 aliphatic carbocycles. The van der Waals surface area contributed by atoms with E-state index in [9.17, 15) is 19.7 Å². The van der Waals surface area contributed by atoms with E-state index in [1.54, 1.807) is 12.1 Å². The van der Waals surface area contributed by atoms with Crippen LogP contribution in [0.1, 0.15) is 22.3 Å². The van der Waals surface area contributed by atoms with E-state index in [0.29, 0.717) is 5.69 Å². The molecule has 0 aliphatic rings. The normalized spacial score (nSPS) is 10.2. The van der Waals surface area contributed by atoms with Gasteiger partial charge < -0.3 is 16.4 Å². The first-order valence-corrected chi connectivity index (χ1v) is 8.04. The summed E-state index contributed by atoms with van der Waals surface area (Å²) in [6, 6.07) is 9.46. The average molecular weight is 377 g/mol. The number of rotatable bonds is 7. The molecule has 2 aromatic carbocycles. The van der Waals surface area contributed by atoms with E-state index in [1.165, 1.54) is 6.07 Å². The van der Waals surface area contributed by atoms with Crippen LogP contribution in [0.5, 0.6) is 0 Å². The maximum atomic E-state index is 12.4. The minimum absolute atomic E-state index is 0.00440. The van der Waals surface area contributed by atoms with Crippen LogP contribution in [0.25, 0.3) is 0 Å². The number of nitrogens with zero attached hydrogens (tertiary/aromatic N) is 1. The third kappa shape index (κ3) is 4.93. The van der Waals surface area contributed by atoms with E-state index in [2.05, 4.69) is 10.6 Å². The van der Waals surface area contributed by atoms with Gasteiger partial charge in [-0.2, -0.15) is 0 Å². The molecule has 0 radical (unpaired) electrons. The summed E-state index contributed by atoms with van der Waals surface area (Å²) in [7, 11) is 0. The first kappa shape index (κ1) is 19.2. The van der Waals surface area contributed by atoms with Crippen molar-refractivity contribution in [1.29, 1.82) is 0 Å². The van der Waals surface area contributed by atoms with Gasteiger partial charge >= 0.3 is 0 Å². The Morgan fingerprint density at radius 2 is 1.88 bits per heavy atom. The molecule has 0 heterocycles. The van der Waals surface area contributed by atoms with Gasteiger partial charge in [0.2, 0.25) is 5.91 Å². The second kappa shape index (κ2) is 8.30. The molecule has 26 heavy (non-hydrogen) atoms. The van der Waals surface area contributed by atoms with E-state index >= 15 is 0 Å². The van der Waals surface area contributed by atoms with E-state index < -0.39 is 16.7 Å². The summed E-state index contributed by atoms with van der Waals surface area (Å²) in [4.78, 5) is 33.9. The number of hydrogen-bond acceptors (Lipinski definition) is 5. The zero-order valence-electron chi connectivity index (χ0n) is 13.9. The minimum Gasteiger partial charge on any atom is -0.379 e. The average Bonchev–Trinajstić information content (AvgIpc) is 2.56. The van der Waals surface area contributed by atoms with E-state index in [4.69, 9.17) is 17.3 Å². The molecule has 0 aromatic heterocycles. The molecule has 2 amide bonds. The minimum atomic E-state index is -0.633. The van der Waals surface area contributed by atoms with Gasteiger partial charge in [-0.15, -0.1) is 0 Å². The van der Waals surface area contributed by atoms with E-state index in [-0.39, 0.29) is 34.9 Å². The van der Waals surface area contributed by atoms with Crippen molar-refractivity contribution in [3.63, 3.8) is 0 Å². The van der Waals surface area contributed by atoms with E-state index in [0.717, 1.165) is 11.6 Å². The van der Waals surface area contributed by atoms with Gasteiger partial charge in [0, 0.05) is 24.7 Å². The standard InChI is InChI=1S/C17H17ClN4O4/c1-10-2-4-11(5-3-10)21-17(24)12-8-15(22(25)26)14(9-13(12)18)20-7-6-16(19)23/h2-5,8-9,20H,6-7H2,1H3,(H2,19,23)(H,21,24). The maximum Gasteiger partial charge on any atom is 0.293 e. The summed E-state index contributed by atoms with van der Waals surface area (Å²) in [5, 5.41) is 16.7. The number of benzene rings is 2. The fraction of sp³-hybridized carbons (Fsp3) is 0.176. The number of nitro benzene ring substituents is 1. The molecule has 0 spiro atoms. The van der Waals surface area contributed by atoms with Crippen LogP contribution in [0.4, 0.5) is 17.1 Å². The Kier molecular flexibility index (Phi) is 6.13. The summed E-state index contributed by atoms with van der Waals surface area (Å²) in [5.41, 5.74) is 6.36. The molecule has 136 valence electrons. The molecule has 8 nitrogen and oxygen atoms in total. The Balaban J connectivity index is 2.26. The van der Waals surface area contributed by atoms with Crippen molar-refractivity contribution in [2.45, 2.75) is 13.3 Å². The van der Waals surface area contributed by atoms with Crippen molar-refractivity contribution in [2.24, 2.45) is 5.73 Å². The SMILES string of the molecule is Cc1ccc(NC(=O)c2cc([N+](=O)[O-])c(NCCC(N)=O)cc2Cl)cc1. The monoisotopic (exact) mass is 376 g/mol.